The summed E-state index contributed by atoms with van der Waals surface area (Å²) < 4.78 is 2.68. The first kappa shape index (κ1) is 13.2. The first-order valence-electron chi connectivity index (χ1n) is 6.41. The molecule has 20 heavy (non-hydrogen) atoms. The molecule has 0 bridgehead atoms. The lowest BCUT2D eigenvalue weighted by Gasteiger charge is -2.05. The van der Waals surface area contributed by atoms with Crippen molar-refractivity contribution < 1.29 is 0 Å². The fourth-order valence-electron chi connectivity index (χ4n) is 2.08. The average Bonchev–Trinajstić information content (AvgIpc) is 2.95. The van der Waals surface area contributed by atoms with Crippen molar-refractivity contribution in [2.75, 3.05) is 0 Å². The number of hydrogen-bond acceptors (Lipinski definition) is 4. The molecule has 0 saturated heterocycles. The Labute approximate surface area is 124 Å². The van der Waals surface area contributed by atoms with Crippen LogP contribution < -0.4 is 5.73 Å². The third kappa shape index (κ3) is 2.32. The van der Waals surface area contributed by atoms with Crippen molar-refractivity contribution in [3.05, 3.63) is 46.8 Å². The van der Waals surface area contributed by atoms with Gasteiger partial charge >= 0.3 is 0 Å². The maximum Gasteiger partial charge on any atom is 0.0998 e. The van der Waals surface area contributed by atoms with E-state index in [2.05, 4.69) is 31.2 Å². The number of rotatable bonds is 3. The second-order valence-corrected chi connectivity index (χ2v) is 5.52. The molecule has 0 spiro atoms. The van der Waals surface area contributed by atoms with Gasteiger partial charge in [0.15, 0.2) is 0 Å². The van der Waals surface area contributed by atoms with E-state index in [9.17, 15) is 0 Å². The molecule has 1 aromatic carbocycles. The number of pyridine rings is 1. The zero-order valence-electron chi connectivity index (χ0n) is 11.0. The number of halogens is 1. The van der Waals surface area contributed by atoms with E-state index in [1.54, 1.807) is 10.9 Å². The number of fused-ring (bicyclic) bond motifs is 1. The SMILES string of the molecule is CCC(N)c1cn(-c2cccc3cc(Br)cnc23)nn1. The Morgan fingerprint density at radius 1 is 1.40 bits per heavy atom. The minimum absolute atomic E-state index is 0.0826. The highest BCUT2D eigenvalue weighted by Gasteiger charge is 2.11. The van der Waals surface area contributed by atoms with Gasteiger partial charge in [-0.15, -0.1) is 5.10 Å². The molecule has 102 valence electrons. The Morgan fingerprint density at radius 2 is 2.25 bits per heavy atom. The molecular weight excluding hydrogens is 318 g/mol. The quantitative estimate of drug-likeness (QED) is 0.800. The highest BCUT2D eigenvalue weighted by Crippen LogP contribution is 2.23. The van der Waals surface area contributed by atoms with Crippen molar-refractivity contribution in [3.63, 3.8) is 0 Å². The maximum absolute atomic E-state index is 5.98. The van der Waals surface area contributed by atoms with Crippen LogP contribution in [0.15, 0.2) is 41.1 Å². The van der Waals surface area contributed by atoms with Crippen LogP contribution in [0, 0.1) is 0 Å². The third-order valence-electron chi connectivity index (χ3n) is 3.23. The summed E-state index contributed by atoms with van der Waals surface area (Å²) in [6.07, 6.45) is 4.48. The van der Waals surface area contributed by atoms with Gasteiger partial charge in [0, 0.05) is 16.1 Å². The molecule has 3 rings (SSSR count). The van der Waals surface area contributed by atoms with E-state index in [1.807, 2.05) is 37.4 Å². The van der Waals surface area contributed by atoms with E-state index in [0.29, 0.717) is 0 Å². The average molecular weight is 332 g/mol. The lowest BCUT2D eigenvalue weighted by molar-refractivity contribution is 0.670. The van der Waals surface area contributed by atoms with Gasteiger partial charge in [0.25, 0.3) is 0 Å². The molecule has 0 aliphatic carbocycles. The van der Waals surface area contributed by atoms with Crippen LogP contribution in [-0.4, -0.2) is 20.0 Å². The number of hydrogen-bond donors (Lipinski definition) is 1. The van der Waals surface area contributed by atoms with Gasteiger partial charge < -0.3 is 5.73 Å². The van der Waals surface area contributed by atoms with Crippen molar-refractivity contribution >= 4 is 26.8 Å². The van der Waals surface area contributed by atoms with E-state index >= 15 is 0 Å². The predicted octanol–water partition coefficient (Wildman–Crippen LogP) is 2.99. The van der Waals surface area contributed by atoms with Crippen LogP contribution in [-0.2, 0) is 0 Å². The first-order valence-corrected chi connectivity index (χ1v) is 7.21. The Bertz CT molecular complexity index is 752. The van der Waals surface area contributed by atoms with Crippen molar-refractivity contribution in [2.45, 2.75) is 19.4 Å². The highest BCUT2D eigenvalue weighted by molar-refractivity contribution is 9.10. The van der Waals surface area contributed by atoms with Gasteiger partial charge in [-0.2, -0.15) is 0 Å². The summed E-state index contributed by atoms with van der Waals surface area (Å²) >= 11 is 3.43. The first-order chi connectivity index (χ1) is 9.69. The summed E-state index contributed by atoms with van der Waals surface area (Å²) in [5, 5.41) is 9.35. The fourth-order valence-corrected chi connectivity index (χ4v) is 2.43. The van der Waals surface area contributed by atoms with Gasteiger partial charge in [0.1, 0.15) is 0 Å². The van der Waals surface area contributed by atoms with Gasteiger partial charge in [-0.25, -0.2) is 4.68 Å². The molecule has 0 fully saturated rings. The Balaban J connectivity index is 2.12. The van der Waals surface area contributed by atoms with Crippen molar-refractivity contribution in [1.29, 1.82) is 0 Å². The van der Waals surface area contributed by atoms with Crippen molar-refractivity contribution in [3.8, 4) is 5.69 Å². The maximum atomic E-state index is 5.98. The Hall–Kier alpha value is -1.79. The standard InChI is InChI=1S/C14H14BrN5/c1-2-11(16)12-8-20(19-18-12)13-5-3-4-9-6-10(15)7-17-14(9)13/h3-8,11H,2,16H2,1H3. The lowest BCUT2D eigenvalue weighted by Crippen LogP contribution is -2.08. The van der Waals surface area contributed by atoms with Gasteiger partial charge in [-0.05, 0) is 34.5 Å². The second-order valence-electron chi connectivity index (χ2n) is 4.61. The number of nitrogens with two attached hydrogens (primary N) is 1. The van der Waals surface area contributed by atoms with Crippen LogP contribution in [0.25, 0.3) is 16.6 Å². The van der Waals surface area contributed by atoms with Crippen LogP contribution in [0.3, 0.4) is 0 Å². The van der Waals surface area contributed by atoms with Crippen LogP contribution in [0.4, 0.5) is 0 Å². The molecule has 3 aromatic rings. The Morgan fingerprint density at radius 3 is 3.05 bits per heavy atom. The topological polar surface area (TPSA) is 69.6 Å². The van der Waals surface area contributed by atoms with E-state index in [0.717, 1.165) is 33.2 Å². The Kier molecular flexibility index (Phi) is 3.50. The molecule has 2 N–H and O–H groups in total. The molecule has 0 aliphatic heterocycles. The van der Waals surface area contributed by atoms with Crippen molar-refractivity contribution in [1.82, 2.24) is 20.0 Å². The summed E-state index contributed by atoms with van der Waals surface area (Å²) in [5.74, 6) is 0. The summed E-state index contributed by atoms with van der Waals surface area (Å²) in [6.45, 7) is 2.03. The summed E-state index contributed by atoms with van der Waals surface area (Å²) in [6, 6.07) is 7.92. The van der Waals surface area contributed by atoms with Crippen molar-refractivity contribution in [2.24, 2.45) is 5.73 Å². The normalized spacial score (nSPS) is 12.8. The molecule has 1 unspecified atom stereocenters. The largest absolute Gasteiger partial charge is 0.323 e. The van der Waals surface area contributed by atoms with Gasteiger partial charge in [-0.1, -0.05) is 24.3 Å². The minimum atomic E-state index is -0.0826. The lowest BCUT2D eigenvalue weighted by atomic mass is 10.2. The third-order valence-corrected chi connectivity index (χ3v) is 3.67. The molecule has 0 aliphatic rings. The second kappa shape index (κ2) is 5.30. The molecule has 6 heteroatoms. The summed E-state index contributed by atoms with van der Waals surface area (Å²) in [7, 11) is 0. The number of para-hydroxylation sites is 1. The smallest absolute Gasteiger partial charge is 0.0998 e. The van der Waals surface area contributed by atoms with E-state index in [4.69, 9.17) is 5.73 Å². The molecule has 2 heterocycles. The van der Waals surface area contributed by atoms with Crippen LogP contribution >= 0.6 is 15.9 Å². The van der Waals surface area contributed by atoms with Gasteiger partial charge in [-0.3, -0.25) is 4.98 Å². The predicted molar refractivity (Wildman–Crippen MR) is 81.6 cm³/mol. The number of benzene rings is 1. The summed E-state index contributed by atoms with van der Waals surface area (Å²) in [4.78, 5) is 4.46. The molecule has 1 atom stereocenters. The van der Waals surface area contributed by atoms with Crippen LogP contribution in [0.2, 0.25) is 0 Å². The van der Waals surface area contributed by atoms with Crippen LogP contribution in [0.5, 0.6) is 0 Å². The van der Waals surface area contributed by atoms with E-state index in [1.165, 1.54) is 0 Å². The minimum Gasteiger partial charge on any atom is -0.323 e. The van der Waals surface area contributed by atoms with E-state index < -0.39 is 0 Å². The molecular formula is C14H14BrN5. The number of nitrogens with zero attached hydrogens (tertiary/aromatic N) is 4. The molecule has 2 aromatic heterocycles. The van der Waals surface area contributed by atoms with Crippen LogP contribution in [0.1, 0.15) is 25.1 Å². The molecule has 5 nitrogen and oxygen atoms in total. The van der Waals surface area contributed by atoms with Gasteiger partial charge in [0.05, 0.1) is 29.1 Å². The van der Waals surface area contributed by atoms with E-state index in [-0.39, 0.29) is 6.04 Å². The fraction of sp³-hybridized carbons (Fsp3) is 0.214. The number of aromatic nitrogens is 4. The summed E-state index contributed by atoms with van der Waals surface area (Å²) in [5.41, 5.74) is 8.56. The molecule has 0 amide bonds. The zero-order chi connectivity index (χ0) is 14.1. The monoisotopic (exact) mass is 331 g/mol. The van der Waals surface area contributed by atoms with Gasteiger partial charge in [0.2, 0.25) is 0 Å². The molecule has 0 saturated carbocycles. The zero-order valence-corrected chi connectivity index (χ0v) is 12.6. The molecule has 0 radical (unpaired) electrons. The highest BCUT2D eigenvalue weighted by atomic mass is 79.9.